The monoisotopic (exact) mass is 231 g/mol. The van der Waals surface area contributed by atoms with Crippen molar-refractivity contribution in [1.82, 2.24) is 5.32 Å². The lowest BCUT2D eigenvalue weighted by molar-refractivity contribution is 0.478. The van der Waals surface area contributed by atoms with Crippen molar-refractivity contribution in [2.24, 2.45) is 0 Å². The van der Waals surface area contributed by atoms with E-state index in [0.29, 0.717) is 0 Å². The van der Waals surface area contributed by atoms with Gasteiger partial charge in [-0.1, -0.05) is 36.6 Å². The van der Waals surface area contributed by atoms with Crippen LogP contribution in [0.1, 0.15) is 48.8 Å². The highest BCUT2D eigenvalue weighted by Crippen LogP contribution is 2.16. The first-order valence-electron chi connectivity index (χ1n) is 7.05. The van der Waals surface area contributed by atoms with Crippen LogP contribution in [0.25, 0.3) is 0 Å². The molecule has 2 rings (SSSR count). The molecule has 1 heterocycles. The second-order valence-corrected chi connectivity index (χ2v) is 5.47. The summed E-state index contributed by atoms with van der Waals surface area (Å²) in [6, 6.07) is 7.60. The van der Waals surface area contributed by atoms with Crippen LogP contribution in [0.4, 0.5) is 0 Å². The SMILES string of the molecule is Cc1ccc(CCC2CCCCCN2)c(C)c1. The van der Waals surface area contributed by atoms with Crippen molar-refractivity contribution >= 4 is 0 Å². The first-order chi connectivity index (χ1) is 8.25. The van der Waals surface area contributed by atoms with Crippen LogP contribution in [0, 0.1) is 13.8 Å². The molecule has 1 saturated heterocycles. The second kappa shape index (κ2) is 6.20. The molecule has 1 aromatic rings. The van der Waals surface area contributed by atoms with Crippen molar-refractivity contribution in [1.29, 1.82) is 0 Å². The number of rotatable bonds is 3. The Morgan fingerprint density at radius 1 is 1.18 bits per heavy atom. The normalized spacial score (nSPS) is 21.2. The largest absolute Gasteiger partial charge is 0.314 e. The molecule has 0 amide bonds. The van der Waals surface area contributed by atoms with Gasteiger partial charge in [-0.3, -0.25) is 0 Å². The molecule has 1 aromatic carbocycles. The number of hydrogen-bond acceptors (Lipinski definition) is 1. The molecule has 17 heavy (non-hydrogen) atoms. The molecule has 1 unspecified atom stereocenters. The molecule has 0 spiro atoms. The van der Waals surface area contributed by atoms with Crippen LogP contribution in [-0.2, 0) is 6.42 Å². The van der Waals surface area contributed by atoms with E-state index in [4.69, 9.17) is 0 Å². The Hall–Kier alpha value is -0.820. The summed E-state index contributed by atoms with van der Waals surface area (Å²) >= 11 is 0. The molecule has 94 valence electrons. The molecule has 0 saturated carbocycles. The van der Waals surface area contributed by atoms with Crippen LogP contribution in [0.2, 0.25) is 0 Å². The van der Waals surface area contributed by atoms with Crippen LogP contribution in [0.3, 0.4) is 0 Å². The number of benzene rings is 1. The lowest BCUT2D eigenvalue weighted by atomic mass is 9.97. The molecule has 0 radical (unpaired) electrons. The predicted octanol–water partition coefficient (Wildman–Crippen LogP) is 3.77. The Labute approximate surface area is 106 Å². The van der Waals surface area contributed by atoms with Gasteiger partial charge in [-0.2, -0.15) is 0 Å². The fourth-order valence-electron chi connectivity index (χ4n) is 2.80. The summed E-state index contributed by atoms with van der Waals surface area (Å²) in [7, 11) is 0. The maximum Gasteiger partial charge on any atom is 0.00702 e. The maximum absolute atomic E-state index is 3.68. The third-order valence-corrected chi connectivity index (χ3v) is 3.92. The molecule has 1 atom stereocenters. The van der Waals surface area contributed by atoms with E-state index in [-0.39, 0.29) is 0 Å². The minimum atomic E-state index is 0.748. The molecule has 1 aliphatic rings. The van der Waals surface area contributed by atoms with Crippen molar-refractivity contribution in [3.63, 3.8) is 0 Å². The quantitative estimate of drug-likeness (QED) is 0.835. The van der Waals surface area contributed by atoms with Crippen molar-refractivity contribution in [3.8, 4) is 0 Å². The van der Waals surface area contributed by atoms with Crippen molar-refractivity contribution in [3.05, 3.63) is 34.9 Å². The Balaban J connectivity index is 1.88. The second-order valence-electron chi connectivity index (χ2n) is 5.47. The van der Waals surface area contributed by atoms with Crippen LogP contribution >= 0.6 is 0 Å². The summed E-state index contributed by atoms with van der Waals surface area (Å²) in [5.41, 5.74) is 4.36. The van der Waals surface area contributed by atoms with Crippen LogP contribution in [0.5, 0.6) is 0 Å². The minimum absolute atomic E-state index is 0.748. The number of hydrogen-bond donors (Lipinski definition) is 1. The summed E-state index contributed by atoms with van der Waals surface area (Å²) in [6.45, 7) is 5.63. The van der Waals surface area contributed by atoms with Crippen molar-refractivity contribution in [2.45, 2.75) is 58.4 Å². The van der Waals surface area contributed by atoms with Gasteiger partial charge in [-0.15, -0.1) is 0 Å². The molecule has 1 aliphatic heterocycles. The van der Waals surface area contributed by atoms with Gasteiger partial charge in [0.15, 0.2) is 0 Å². The first kappa shape index (κ1) is 12.6. The standard InChI is InChI=1S/C16H25N/c1-13-7-8-15(14(2)12-13)9-10-16-6-4-3-5-11-17-16/h7-8,12,16-17H,3-6,9-11H2,1-2H3. The molecular weight excluding hydrogens is 206 g/mol. The van der Waals surface area contributed by atoms with E-state index >= 15 is 0 Å². The van der Waals surface area contributed by atoms with Gasteiger partial charge >= 0.3 is 0 Å². The zero-order valence-electron chi connectivity index (χ0n) is 11.3. The molecule has 1 nitrogen and oxygen atoms in total. The topological polar surface area (TPSA) is 12.0 Å². The summed E-state index contributed by atoms with van der Waals surface area (Å²) in [5.74, 6) is 0. The Bertz CT molecular complexity index is 349. The number of nitrogens with one attached hydrogen (secondary N) is 1. The predicted molar refractivity (Wildman–Crippen MR) is 74.5 cm³/mol. The maximum atomic E-state index is 3.68. The molecule has 1 heteroatoms. The minimum Gasteiger partial charge on any atom is -0.314 e. The van der Waals surface area contributed by atoms with Gasteiger partial charge in [-0.25, -0.2) is 0 Å². The lowest BCUT2D eigenvalue weighted by Crippen LogP contribution is -2.28. The molecular formula is C16H25N. The van der Waals surface area contributed by atoms with Gasteiger partial charge in [0, 0.05) is 6.04 Å². The average Bonchev–Trinajstić information content (AvgIpc) is 2.56. The van der Waals surface area contributed by atoms with Crippen LogP contribution < -0.4 is 5.32 Å². The fourth-order valence-corrected chi connectivity index (χ4v) is 2.80. The first-order valence-corrected chi connectivity index (χ1v) is 7.05. The zero-order valence-corrected chi connectivity index (χ0v) is 11.3. The summed E-state index contributed by atoms with van der Waals surface area (Å²) in [6.07, 6.45) is 8.07. The van der Waals surface area contributed by atoms with E-state index in [1.54, 1.807) is 0 Å². The Morgan fingerprint density at radius 3 is 2.88 bits per heavy atom. The third-order valence-electron chi connectivity index (χ3n) is 3.92. The van der Waals surface area contributed by atoms with Crippen LogP contribution in [-0.4, -0.2) is 12.6 Å². The third kappa shape index (κ3) is 3.85. The molecule has 0 aromatic heterocycles. The highest BCUT2D eigenvalue weighted by atomic mass is 14.9. The van der Waals surface area contributed by atoms with Gasteiger partial charge < -0.3 is 5.32 Å². The van der Waals surface area contributed by atoms with Crippen molar-refractivity contribution in [2.75, 3.05) is 6.54 Å². The van der Waals surface area contributed by atoms with E-state index in [1.807, 2.05) is 0 Å². The number of aryl methyl sites for hydroxylation is 3. The zero-order chi connectivity index (χ0) is 12.1. The van der Waals surface area contributed by atoms with Gasteiger partial charge in [0.05, 0.1) is 0 Å². The van der Waals surface area contributed by atoms with Gasteiger partial charge in [-0.05, 0) is 57.2 Å². The summed E-state index contributed by atoms with van der Waals surface area (Å²) in [4.78, 5) is 0. The van der Waals surface area contributed by atoms with E-state index < -0.39 is 0 Å². The highest BCUT2D eigenvalue weighted by molar-refractivity contribution is 5.30. The lowest BCUT2D eigenvalue weighted by Gasteiger charge is -2.16. The van der Waals surface area contributed by atoms with Crippen molar-refractivity contribution < 1.29 is 0 Å². The van der Waals surface area contributed by atoms with Crippen LogP contribution in [0.15, 0.2) is 18.2 Å². The molecule has 1 fully saturated rings. The fraction of sp³-hybridized carbons (Fsp3) is 0.625. The average molecular weight is 231 g/mol. The van der Waals surface area contributed by atoms with Gasteiger partial charge in [0.25, 0.3) is 0 Å². The Morgan fingerprint density at radius 2 is 2.06 bits per heavy atom. The molecule has 1 N–H and O–H groups in total. The molecule has 0 aliphatic carbocycles. The smallest absolute Gasteiger partial charge is 0.00702 e. The molecule has 0 bridgehead atoms. The Kier molecular flexibility index (Phi) is 4.61. The van der Waals surface area contributed by atoms with Gasteiger partial charge in [0.2, 0.25) is 0 Å². The van der Waals surface area contributed by atoms with E-state index in [2.05, 4.69) is 37.4 Å². The van der Waals surface area contributed by atoms with E-state index in [0.717, 1.165) is 6.04 Å². The summed E-state index contributed by atoms with van der Waals surface area (Å²) < 4.78 is 0. The van der Waals surface area contributed by atoms with E-state index in [9.17, 15) is 0 Å². The van der Waals surface area contributed by atoms with Gasteiger partial charge in [0.1, 0.15) is 0 Å². The van der Waals surface area contributed by atoms with E-state index in [1.165, 1.54) is 61.8 Å². The highest BCUT2D eigenvalue weighted by Gasteiger charge is 2.11. The summed E-state index contributed by atoms with van der Waals surface area (Å²) in [5, 5.41) is 3.68.